The second kappa shape index (κ2) is 3.20. The van der Waals surface area contributed by atoms with E-state index in [4.69, 9.17) is 4.74 Å². The number of quaternary nitrogens is 1. The maximum absolute atomic E-state index is 5.32. The molecule has 1 fully saturated rings. The van der Waals surface area contributed by atoms with Crippen molar-refractivity contribution >= 4 is 15.9 Å². The highest BCUT2D eigenvalue weighted by Gasteiger charge is 2.32. The molecular weight excluding hydrogens is 194 g/mol. The van der Waals surface area contributed by atoms with Crippen molar-refractivity contribution in [2.24, 2.45) is 0 Å². The molecule has 0 aromatic carbocycles. The average Bonchev–Trinajstić information content (AvgIpc) is 1.96. The minimum atomic E-state index is 0.492. The average molecular weight is 209 g/mol. The number of hydrogen-bond acceptors (Lipinski definition) is 1. The third kappa shape index (κ3) is 1.52. The molecule has 2 unspecified atom stereocenters. The van der Waals surface area contributed by atoms with E-state index in [1.165, 1.54) is 6.54 Å². The Morgan fingerprint density at radius 1 is 1.70 bits per heavy atom. The summed E-state index contributed by atoms with van der Waals surface area (Å²) in [5.74, 6) is 0. The summed E-state index contributed by atoms with van der Waals surface area (Å²) in [4.78, 5) is 0.492. The fourth-order valence-electron chi connectivity index (χ4n) is 1.13. The molecule has 1 rings (SSSR count). The molecule has 0 N–H and O–H groups in total. The van der Waals surface area contributed by atoms with Gasteiger partial charge in [0.15, 0.2) is 4.95 Å². The van der Waals surface area contributed by atoms with Crippen LogP contribution in [0.3, 0.4) is 0 Å². The number of likely N-dealkylation sites (N-methyl/N-ethyl adjacent to an activating group) is 1. The number of morpholine rings is 1. The van der Waals surface area contributed by atoms with Gasteiger partial charge in [-0.05, 0) is 22.9 Å². The zero-order valence-corrected chi connectivity index (χ0v) is 8.23. The molecule has 0 amide bonds. The van der Waals surface area contributed by atoms with Gasteiger partial charge in [0.05, 0.1) is 20.2 Å². The molecule has 0 aliphatic carbocycles. The Bertz CT molecular complexity index is 120. The van der Waals surface area contributed by atoms with Crippen molar-refractivity contribution in [3.05, 3.63) is 0 Å². The van der Waals surface area contributed by atoms with Gasteiger partial charge >= 0.3 is 0 Å². The van der Waals surface area contributed by atoms with Crippen molar-refractivity contribution in [2.45, 2.75) is 11.9 Å². The minimum Gasteiger partial charge on any atom is -0.368 e. The maximum atomic E-state index is 5.32. The van der Waals surface area contributed by atoms with Crippen LogP contribution in [0.1, 0.15) is 6.92 Å². The van der Waals surface area contributed by atoms with Gasteiger partial charge in [-0.2, -0.15) is 0 Å². The van der Waals surface area contributed by atoms with Gasteiger partial charge in [-0.1, -0.05) is 0 Å². The first kappa shape index (κ1) is 8.50. The zero-order valence-electron chi connectivity index (χ0n) is 6.64. The Morgan fingerprint density at radius 2 is 2.40 bits per heavy atom. The lowest BCUT2D eigenvalue weighted by molar-refractivity contribution is -0.923. The second-order valence-corrected chi connectivity index (χ2v) is 4.09. The lowest BCUT2D eigenvalue weighted by atomic mass is 10.3. The van der Waals surface area contributed by atoms with Crippen LogP contribution in [0.5, 0.6) is 0 Å². The standard InChI is InChI=1S/C7H15BrNO/c1-3-9(2)4-5-10-6-7(9)8/h7H,3-6H2,1-2H3/q+1. The van der Waals surface area contributed by atoms with Gasteiger partial charge in [-0.3, -0.25) is 0 Å². The molecule has 0 saturated carbocycles. The molecular formula is C7H15BrNO+. The Hall–Kier alpha value is 0.400. The summed E-state index contributed by atoms with van der Waals surface area (Å²) in [6.07, 6.45) is 0. The van der Waals surface area contributed by atoms with Crippen LogP contribution in [-0.4, -0.2) is 42.8 Å². The largest absolute Gasteiger partial charge is 0.368 e. The van der Waals surface area contributed by atoms with Gasteiger partial charge in [0.2, 0.25) is 0 Å². The number of nitrogens with zero attached hydrogens (tertiary/aromatic N) is 1. The van der Waals surface area contributed by atoms with Gasteiger partial charge in [0, 0.05) is 0 Å². The molecule has 0 radical (unpaired) electrons. The monoisotopic (exact) mass is 208 g/mol. The first-order chi connectivity index (χ1) is 4.69. The quantitative estimate of drug-likeness (QED) is 0.358. The summed E-state index contributed by atoms with van der Waals surface area (Å²) >= 11 is 3.62. The third-order valence-electron chi connectivity index (χ3n) is 2.40. The van der Waals surface area contributed by atoms with Crippen LogP contribution >= 0.6 is 15.9 Å². The smallest absolute Gasteiger partial charge is 0.167 e. The predicted molar refractivity (Wildman–Crippen MR) is 45.1 cm³/mol. The number of halogens is 1. The van der Waals surface area contributed by atoms with Crippen molar-refractivity contribution in [3.63, 3.8) is 0 Å². The van der Waals surface area contributed by atoms with Crippen LogP contribution in [0.2, 0.25) is 0 Å². The van der Waals surface area contributed by atoms with Gasteiger partial charge in [0.1, 0.15) is 13.2 Å². The van der Waals surface area contributed by atoms with Crippen LogP contribution in [0, 0.1) is 0 Å². The van der Waals surface area contributed by atoms with E-state index in [1.54, 1.807) is 0 Å². The minimum absolute atomic E-state index is 0.492. The molecule has 0 aromatic heterocycles. The van der Waals surface area contributed by atoms with Crippen molar-refractivity contribution in [1.82, 2.24) is 0 Å². The molecule has 1 saturated heterocycles. The van der Waals surface area contributed by atoms with Gasteiger partial charge < -0.3 is 9.22 Å². The number of ether oxygens (including phenoxy) is 1. The van der Waals surface area contributed by atoms with Crippen LogP contribution in [0.4, 0.5) is 0 Å². The zero-order chi connectivity index (χ0) is 7.61. The van der Waals surface area contributed by atoms with Crippen molar-refractivity contribution < 1.29 is 9.22 Å². The highest BCUT2D eigenvalue weighted by Crippen LogP contribution is 2.19. The van der Waals surface area contributed by atoms with Crippen molar-refractivity contribution in [1.29, 1.82) is 0 Å². The molecule has 10 heavy (non-hydrogen) atoms. The van der Waals surface area contributed by atoms with E-state index in [1.807, 2.05) is 0 Å². The lowest BCUT2D eigenvalue weighted by Gasteiger charge is -2.40. The second-order valence-electron chi connectivity index (χ2n) is 3.03. The van der Waals surface area contributed by atoms with Crippen LogP contribution in [0.25, 0.3) is 0 Å². The topological polar surface area (TPSA) is 9.23 Å². The molecule has 1 aliphatic rings. The predicted octanol–water partition coefficient (Wildman–Crippen LogP) is 1.20. The fourth-order valence-corrected chi connectivity index (χ4v) is 1.81. The van der Waals surface area contributed by atoms with E-state index in [0.717, 1.165) is 24.2 Å². The molecule has 0 bridgehead atoms. The summed E-state index contributed by atoms with van der Waals surface area (Å²) < 4.78 is 6.41. The number of alkyl halides is 1. The van der Waals surface area contributed by atoms with Crippen LogP contribution < -0.4 is 0 Å². The van der Waals surface area contributed by atoms with E-state index < -0.39 is 0 Å². The SMILES string of the molecule is CC[N+]1(C)CCOCC1Br. The number of rotatable bonds is 1. The van der Waals surface area contributed by atoms with Gasteiger partial charge in [-0.25, -0.2) is 0 Å². The van der Waals surface area contributed by atoms with E-state index in [-0.39, 0.29) is 0 Å². The van der Waals surface area contributed by atoms with Crippen molar-refractivity contribution in [2.75, 3.05) is 33.4 Å². The molecule has 2 nitrogen and oxygen atoms in total. The first-order valence-corrected chi connectivity index (χ1v) is 4.66. The molecule has 0 spiro atoms. The Labute approximate surface area is 70.9 Å². The summed E-state index contributed by atoms with van der Waals surface area (Å²) in [6.45, 7) is 6.29. The molecule has 1 heterocycles. The maximum Gasteiger partial charge on any atom is 0.167 e. The summed E-state index contributed by atoms with van der Waals surface area (Å²) in [5, 5.41) is 0. The van der Waals surface area contributed by atoms with Crippen LogP contribution in [0.15, 0.2) is 0 Å². The van der Waals surface area contributed by atoms with Gasteiger partial charge in [0.25, 0.3) is 0 Å². The molecule has 0 aromatic rings. The summed E-state index contributed by atoms with van der Waals surface area (Å²) in [7, 11) is 2.27. The molecule has 60 valence electrons. The van der Waals surface area contributed by atoms with Gasteiger partial charge in [-0.15, -0.1) is 0 Å². The number of hydrogen-bond donors (Lipinski definition) is 0. The van der Waals surface area contributed by atoms with E-state index in [0.29, 0.717) is 4.95 Å². The Morgan fingerprint density at radius 3 is 2.80 bits per heavy atom. The Balaban J connectivity index is 2.54. The Kier molecular flexibility index (Phi) is 2.72. The molecule has 1 aliphatic heterocycles. The summed E-state index contributed by atoms with van der Waals surface area (Å²) in [5.41, 5.74) is 0. The van der Waals surface area contributed by atoms with E-state index >= 15 is 0 Å². The lowest BCUT2D eigenvalue weighted by Crippen LogP contribution is -2.56. The third-order valence-corrected chi connectivity index (χ3v) is 3.65. The van der Waals surface area contributed by atoms with Crippen molar-refractivity contribution in [3.8, 4) is 0 Å². The van der Waals surface area contributed by atoms with Crippen LogP contribution in [-0.2, 0) is 4.74 Å². The first-order valence-electron chi connectivity index (χ1n) is 3.75. The molecule has 3 heteroatoms. The van der Waals surface area contributed by atoms with E-state index in [2.05, 4.69) is 29.9 Å². The highest BCUT2D eigenvalue weighted by atomic mass is 79.9. The van der Waals surface area contributed by atoms with E-state index in [9.17, 15) is 0 Å². The fraction of sp³-hybridized carbons (Fsp3) is 1.00. The summed E-state index contributed by atoms with van der Waals surface area (Å²) in [6, 6.07) is 0. The normalized spacial score (nSPS) is 41.7. The molecule has 2 atom stereocenters. The highest BCUT2D eigenvalue weighted by molar-refractivity contribution is 9.09.